The first kappa shape index (κ1) is 25.2. The van der Waals surface area contributed by atoms with Crippen LogP contribution in [-0.2, 0) is 26.2 Å². The van der Waals surface area contributed by atoms with Crippen LogP contribution in [0.5, 0.6) is 5.75 Å². The fourth-order valence-electron chi connectivity index (χ4n) is 3.35. The number of carboxylic acid groups (broad SMARTS) is 1. The lowest BCUT2D eigenvalue weighted by Crippen LogP contribution is -2.46. The van der Waals surface area contributed by atoms with Gasteiger partial charge in [-0.1, -0.05) is 60.7 Å². The zero-order chi connectivity index (χ0) is 24.6. The summed E-state index contributed by atoms with van der Waals surface area (Å²) in [5.41, 5.74) is 2.63. The van der Waals surface area contributed by atoms with E-state index in [9.17, 15) is 18.3 Å². The van der Waals surface area contributed by atoms with Crippen LogP contribution in [0.25, 0.3) is 11.1 Å². The minimum atomic E-state index is -4.10. The lowest BCUT2D eigenvalue weighted by molar-refractivity contribution is -0.140. The third-order valence-electron chi connectivity index (χ3n) is 5.29. The van der Waals surface area contributed by atoms with E-state index in [0.29, 0.717) is 0 Å². The second kappa shape index (κ2) is 11.6. The summed E-state index contributed by atoms with van der Waals surface area (Å²) < 4.78 is 38.9. The summed E-state index contributed by atoms with van der Waals surface area (Å²) in [4.78, 5) is 11.9. The average Bonchev–Trinajstić information content (AvgIpc) is 2.86. The fraction of sp³-hybridized carbons (Fsp3) is 0.192. The molecule has 2 atom stereocenters. The number of hydrogen-bond donors (Lipinski definition) is 2. The molecule has 3 rings (SSSR count). The van der Waals surface area contributed by atoms with Gasteiger partial charge in [0.25, 0.3) is 0 Å². The maximum atomic E-state index is 12.9. The van der Waals surface area contributed by atoms with Crippen LogP contribution in [-0.4, -0.2) is 39.3 Å². The van der Waals surface area contributed by atoms with E-state index in [4.69, 9.17) is 9.47 Å². The van der Waals surface area contributed by atoms with E-state index < -0.39 is 28.0 Å². The summed E-state index contributed by atoms with van der Waals surface area (Å²) in [6.07, 6.45) is 1.39. The van der Waals surface area contributed by atoms with Crippen molar-refractivity contribution in [1.82, 2.24) is 4.72 Å². The molecule has 0 saturated carbocycles. The minimum Gasteiger partial charge on any atom is -0.497 e. The lowest BCUT2D eigenvalue weighted by Gasteiger charge is -2.22. The molecule has 0 aliphatic carbocycles. The first-order chi connectivity index (χ1) is 16.3. The van der Waals surface area contributed by atoms with Crippen LogP contribution in [0.2, 0.25) is 0 Å². The normalized spacial score (nSPS) is 13.1. The van der Waals surface area contributed by atoms with Gasteiger partial charge in [0.2, 0.25) is 10.0 Å². The predicted molar refractivity (Wildman–Crippen MR) is 130 cm³/mol. The summed E-state index contributed by atoms with van der Waals surface area (Å²) >= 11 is 0. The van der Waals surface area contributed by atoms with Gasteiger partial charge in [-0.25, -0.2) is 8.42 Å². The maximum absolute atomic E-state index is 12.9. The molecule has 0 aliphatic rings. The molecule has 0 heterocycles. The van der Waals surface area contributed by atoms with Crippen molar-refractivity contribution in [2.75, 3.05) is 13.7 Å². The number of rotatable bonds is 12. The fourth-order valence-corrected chi connectivity index (χ4v) is 4.59. The van der Waals surface area contributed by atoms with Crippen LogP contribution in [0.15, 0.2) is 96.4 Å². The van der Waals surface area contributed by atoms with Gasteiger partial charge < -0.3 is 14.6 Å². The molecular weight excluding hydrogens is 454 g/mol. The highest BCUT2D eigenvalue weighted by molar-refractivity contribution is 7.89. The van der Waals surface area contributed by atoms with Crippen molar-refractivity contribution >= 4 is 16.0 Å². The third kappa shape index (κ3) is 6.54. The molecule has 3 aromatic carbocycles. The Labute approximate surface area is 199 Å². The van der Waals surface area contributed by atoms with Crippen LogP contribution < -0.4 is 9.46 Å². The molecule has 3 aromatic rings. The van der Waals surface area contributed by atoms with E-state index in [0.717, 1.165) is 22.4 Å². The van der Waals surface area contributed by atoms with Crippen molar-refractivity contribution in [3.05, 3.63) is 97.1 Å². The van der Waals surface area contributed by atoms with Crippen molar-refractivity contribution in [2.45, 2.75) is 17.5 Å². The van der Waals surface area contributed by atoms with E-state index in [-0.39, 0.29) is 18.1 Å². The minimum absolute atomic E-state index is 0.00567. The third-order valence-corrected chi connectivity index (χ3v) is 6.75. The van der Waals surface area contributed by atoms with Crippen LogP contribution in [0.1, 0.15) is 5.56 Å². The summed E-state index contributed by atoms with van der Waals surface area (Å²) in [5.74, 6) is -1.36. The van der Waals surface area contributed by atoms with Gasteiger partial charge in [0.15, 0.2) is 0 Å². The number of aliphatic carboxylic acids is 1. The van der Waals surface area contributed by atoms with E-state index in [1.54, 1.807) is 19.2 Å². The van der Waals surface area contributed by atoms with Crippen LogP contribution in [0, 0.1) is 5.92 Å². The molecule has 8 heteroatoms. The van der Waals surface area contributed by atoms with Crippen molar-refractivity contribution < 1.29 is 27.8 Å². The van der Waals surface area contributed by atoms with Gasteiger partial charge in [0.1, 0.15) is 11.8 Å². The first-order valence-electron chi connectivity index (χ1n) is 10.6. The summed E-state index contributed by atoms with van der Waals surface area (Å²) in [5, 5.41) is 9.70. The van der Waals surface area contributed by atoms with Gasteiger partial charge in [-0.3, -0.25) is 4.79 Å². The second-order valence-electron chi connectivity index (χ2n) is 7.59. The van der Waals surface area contributed by atoms with Crippen molar-refractivity contribution in [3.8, 4) is 16.9 Å². The number of hydrogen-bond acceptors (Lipinski definition) is 5. The van der Waals surface area contributed by atoms with E-state index in [2.05, 4.69) is 11.3 Å². The Kier molecular flexibility index (Phi) is 8.59. The van der Waals surface area contributed by atoms with Gasteiger partial charge in [-0.15, -0.1) is 6.58 Å². The number of sulfonamides is 1. The van der Waals surface area contributed by atoms with Crippen LogP contribution in [0.4, 0.5) is 0 Å². The van der Waals surface area contributed by atoms with Crippen molar-refractivity contribution in [2.24, 2.45) is 5.92 Å². The number of carbonyl (C=O) groups is 1. The smallest absolute Gasteiger partial charge is 0.322 e. The summed E-state index contributed by atoms with van der Waals surface area (Å²) in [7, 11) is -2.52. The Morgan fingerprint density at radius 1 is 1.00 bits per heavy atom. The highest BCUT2D eigenvalue weighted by Gasteiger charge is 2.31. The molecule has 0 radical (unpaired) electrons. The summed E-state index contributed by atoms with van der Waals surface area (Å²) in [6, 6.07) is 21.5. The zero-order valence-corrected chi connectivity index (χ0v) is 19.6. The van der Waals surface area contributed by atoms with E-state index in [1.807, 2.05) is 54.6 Å². The molecule has 0 fully saturated rings. The SMILES string of the molecule is C=CC(COCc1ccccc1)C(NS(=O)(=O)c1ccc(-c2ccc(OC)cc2)cc1)C(=O)O. The number of nitrogens with one attached hydrogen (secondary N) is 1. The molecule has 0 bridgehead atoms. The molecule has 0 amide bonds. The molecule has 178 valence electrons. The molecule has 2 N–H and O–H groups in total. The molecule has 2 unspecified atom stereocenters. The Bertz CT molecular complexity index is 1190. The molecule has 7 nitrogen and oxygen atoms in total. The van der Waals surface area contributed by atoms with Crippen molar-refractivity contribution in [3.63, 3.8) is 0 Å². The van der Waals surface area contributed by atoms with Gasteiger partial charge in [-0.05, 0) is 41.0 Å². The Hall–Kier alpha value is -3.46. The predicted octanol–water partition coefficient (Wildman–Crippen LogP) is 4.11. The topological polar surface area (TPSA) is 102 Å². The van der Waals surface area contributed by atoms with Gasteiger partial charge in [0, 0.05) is 5.92 Å². The van der Waals surface area contributed by atoms with Gasteiger partial charge in [-0.2, -0.15) is 4.72 Å². The molecular formula is C26H27NO6S. The molecule has 0 aromatic heterocycles. The molecule has 0 saturated heterocycles. The quantitative estimate of drug-likeness (QED) is 0.378. The van der Waals surface area contributed by atoms with Crippen molar-refractivity contribution in [1.29, 1.82) is 0 Å². The average molecular weight is 482 g/mol. The van der Waals surface area contributed by atoms with E-state index >= 15 is 0 Å². The maximum Gasteiger partial charge on any atom is 0.322 e. The lowest BCUT2D eigenvalue weighted by atomic mass is 10.0. The molecule has 0 spiro atoms. The Balaban J connectivity index is 1.70. The van der Waals surface area contributed by atoms with Crippen LogP contribution >= 0.6 is 0 Å². The largest absolute Gasteiger partial charge is 0.497 e. The highest BCUT2D eigenvalue weighted by atomic mass is 32.2. The number of carboxylic acids is 1. The Morgan fingerprint density at radius 2 is 1.59 bits per heavy atom. The Morgan fingerprint density at radius 3 is 2.12 bits per heavy atom. The second-order valence-corrected chi connectivity index (χ2v) is 9.30. The standard InChI is InChI=1S/C26H27NO6S/c1-3-20(18-33-17-19-7-5-4-6-8-19)25(26(28)29)27-34(30,31)24-15-11-22(12-16-24)21-9-13-23(32-2)14-10-21/h3-16,20,25,27H,1,17-18H2,2H3,(H,28,29). The van der Waals surface area contributed by atoms with E-state index in [1.165, 1.54) is 18.2 Å². The van der Waals surface area contributed by atoms with Gasteiger partial charge >= 0.3 is 5.97 Å². The number of benzene rings is 3. The first-order valence-corrected chi connectivity index (χ1v) is 12.1. The number of ether oxygens (including phenoxy) is 2. The molecule has 0 aliphatic heterocycles. The summed E-state index contributed by atoms with van der Waals surface area (Å²) in [6.45, 7) is 3.93. The zero-order valence-electron chi connectivity index (χ0n) is 18.8. The number of methoxy groups -OCH3 is 1. The monoisotopic (exact) mass is 481 g/mol. The molecule has 34 heavy (non-hydrogen) atoms. The van der Waals surface area contributed by atoms with Gasteiger partial charge in [0.05, 0.1) is 25.2 Å². The van der Waals surface area contributed by atoms with Crippen LogP contribution in [0.3, 0.4) is 0 Å². The highest BCUT2D eigenvalue weighted by Crippen LogP contribution is 2.24.